The summed E-state index contributed by atoms with van der Waals surface area (Å²) in [5.74, 6) is 2.39. The highest BCUT2D eigenvalue weighted by atomic mass is 16.5. The third kappa shape index (κ3) is 3.35. The van der Waals surface area contributed by atoms with Crippen molar-refractivity contribution in [2.75, 3.05) is 6.61 Å². The molecule has 0 atom stereocenters. The first kappa shape index (κ1) is 13.6. The zero-order valence-electron chi connectivity index (χ0n) is 11.5. The maximum Gasteiger partial charge on any atom is 0.123 e. The van der Waals surface area contributed by atoms with Gasteiger partial charge in [0.1, 0.15) is 18.2 Å². The molecule has 0 aliphatic carbocycles. The summed E-state index contributed by atoms with van der Waals surface area (Å²) in [4.78, 5) is 4.36. The number of imidazole rings is 1. The molecule has 4 nitrogen and oxygen atoms in total. The molecule has 0 saturated heterocycles. The van der Waals surface area contributed by atoms with Crippen LogP contribution in [0.4, 0.5) is 0 Å². The molecule has 0 spiro atoms. The summed E-state index contributed by atoms with van der Waals surface area (Å²) in [6.45, 7) is 6.20. The number of hydrogen-bond donors (Lipinski definition) is 1. The van der Waals surface area contributed by atoms with Gasteiger partial charge in [-0.3, -0.25) is 0 Å². The van der Waals surface area contributed by atoms with Gasteiger partial charge >= 0.3 is 0 Å². The van der Waals surface area contributed by atoms with Crippen molar-refractivity contribution in [3.05, 3.63) is 48.0 Å². The third-order valence-electron chi connectivity index (χ3n) is 3.05. The summed E-state index contributed by atoms with van der Waals surface area (Å²) in [5.41, 5.74) is 6.72. The van der Waals surface area contributed by atoms with Crippen LogP contribution in [-0.2, 0) is 13.1 Å². The monoisotopic (exact) mass is 259 g/mol. The number of ether oxygens (including phenoxy) is 1. The van der Waals surface area contributed by atoms with Crippen LogP contribution in [0.15, 0.2) is 36.7 Å². The molecule has 0 radical (unpaired) electrons. The summed E-state index contributed by atoms with van der Waals surface area (Å²) in [6.07, 6.45) is 3.83. The zero-order valence-corrected chi connectivity index (χ0v) is 11.5. The second-order valence-corrected chi connectivity index (χ2v) is 4.79. The van der Waals surface area contributed by atoms with Gasteiger partial charge in [-0.25, -0.2) is 4.98 Å². The van der Waals surface area contributed by atoms with Crippen molar-refractivity contribution < 1.29 is 4.74 Å². The first-order valence-electron chi connectivity index (χ1n) is 6.64. The van der Waals surface area contributed by atoms with Crippen molar-refractivity contribution in [3.8, 4) is 5.75 Å². The van der Waals surface area contributed by atoms with E-state index in [0.29, 0.717) is 19.1 Å². The van der Waals surface area contributed by atoms with Crippen molar-refractivity contribution in [1.82, 2.24) is 9.55 Å². The largest absolute Gasteiger partial charge is 0.491 e. The van der Waals surface area contributed by atoms with Gasteiger partial charge in [-0.2, -0.15) is 0 Å². The van der Waals surface area contributed by atoms with E-state index in [-0.39, 0.29) is 0 Å². The van der Waals surface area contributed by atoms with E-state index in [1.165, 1.54) is 0 Å². The van der Waals surface area contributed by atoms with Crippen molar-refractivity contribution in [2.45, 2.75) is 32.9 Å². The van der Waals surface area contributed by atoms with E-state index < -0.39 is 0 Å². The van der Waals surface area contributed by atoms with Crippen LogP contribution >= 0.6 is 0 Å². The highest BCUT2D eigenvalue weighted by molar-refractivity contribution is 5.32. The molecule has 0 unspecified atom stereocenters. The van der Waals surface area contributed by atoms with E-state index in [1.807, 2.05) is 36.7 Å². The average Bonchev–Trinajstić information content (AvgIpc) is 2.88. The van der Waals surface area contributed by atoms with E-state index in [0.717, 1.165) is 23.7 Å². The van der Waals surface area contributed by atoms with Gasteiger partial charge in [0.05, 0.1) is 6.54 Å². The van der Waals surface area contributed by atoms with Gasteiger partial charge in [0.25, 0.3) is 0 Å². The summed E-state index contributed by atoms with van der Waals surface area (Å²) in [5, 5.41) is 0. The lowest BCUT2D eigenvalue weighted by atomic mass is 10.2. The Labute approximate surface area is 114 Å². The summed E-state index contributed by atoms with van der Waals surface area (Å²) in [7, 11) is 0. The number of nitrogens with two attached hydrogens (primary N) is 1. The van der Waals surface area contributed by atoms with Crippen molar-refractivity contribution >= 4 is 0 Å². The number of benzene rings is 1. The Hall–Kier alpha value is -1.81. The average molecular weight is 259 g/mol. The molecule has 2 rings (SSSR count). The van der Waals surface area contributed by atoms with Crippen LogP contribution in [0.5, 0.6) is 5.75 Å². The second-order valence-electron chi connectivity index (χ2n) is 4.79. The van der Waals surface area contributed by atoms with Gasteiger partial charge in [-0.15, -0.1) is 0 Å². The van der Waals surface area contributed by atoms with E-state index in [4.69, 9.17) is 10.5 Å². The van der Waals surface area contributed by atoms with Gasteiger partial charge in [-0.05, 0) is 6.07 Å². The minimum Gasteiger partial charge on any atom is -0.491 e. The van der Waals surface area contributed by atoms with Crippen LogP contribution in [0.3, 0.4) is 0 Å². The van der Waals surface area contributed by atoms with Crippen LogP contribution in [0.1, 0.15) is 31.2 Å². The van der Waals surface area contributed by atoms with Gasteiger partial charge in [-0.1, -0.05) is 32.0 Å². The lowest BCUT2D eigenvalue weighted by Gasteiger charge is -2.13. The molecule has 1 heterocycles. The van der Waals surface area contributed by atoms with Crippen LogP contribution < -0.4 is 10.5 Å². The van der Waals surface area contributed by atoms with E-state index in [1.54, 1.807) is 0 Å². The lowest BCUT2D eigenvalue weighted by Crippen LogP contribution is -2.12. The van der Waals surface area contributed by atoms with Gasteiger partial charge < -0.3 is 15.0 Å². The fourth-order valence-corrected chi connectivity index (χ4v) is 2.08. The second kappa shape index (κ2) is 6.38. The maximum atomic E-state index is 5.81. The molecular formula is C15H21N3O. The molecule has 1 aromatic heterocycles. The number of aromatic nitrogens is 2. The van der Waals surface area contributed by atoms with Crippen LogP contribution in [0, 0.1) is 0 Å². The predicted octanol–water partition coefficient (Wildman–Crippen LogP) is 2.54. The maximum absolute atomic E-state index is 5.81. The van der Waals surface area contributed by atoms with Crippen molar-refractivity contribution in [3.63, 3.8) is 0 Å². The Bertz CT molecular complexity index is 520. The molecule has 2 N–H and O–H groups in total. The van der Waals surface area contributed by atoms with Crippen LogP contribution in [0.2, 0.25) is 0 Å². The molecule has 0 saturated carbocycles. The van der Waals surface area contributed by atoms with E-state index >= 15 is 0 Å². The molecule has 0 aliphatic rings. The van der Waals surface area contributed by atoms with Crippen molar-refractivity contribution in [2.24, 2.45) is 5.73 Å². The number of hydrogen-bond acceptors (Lipinski definition) is 3. The van der Waals surface area contributed by atoms with Gasteiger partial charge in [0.2, 0.25) is 0 Å². The summed E-state index contributed by atoms with van der Waals surface area (Å²) < 4.78 is 7.94. The van der Waals surface area contributed by atoms with Crippen LogP contribution in [-0.4, -0.2) is 16.2 Å². The smallest absolute Gasteiger partial charge is 0.123 e. The molecule has 2 aromatic rings. The fraction of sp³-hybridized carbons (Fsp3) is 0.400. The Morgan fingerprint density at radius 3 is 2.84 bits per heavy atom. The highest BCUT2D eigenvalue weighted by Crippen LogP contribution is 2.17. The van der Waals surface area contributed by atoms with Gasteiger partial charge in [0, 0.05) is 30.4 Å². The Morgan fingerprint density at radius 1 is 1.32 bits per heavy atom. The summed E-state index contributed by atoms with van der Waals surface area (Å²) in [6, 6.07) is 7.89. The molecule has 0 bridgehead atoms. The fourth-order valence-electron chi connectivity index (χ4n) is 2.08. The van der Waals surface area contributed by atoms with E-state index in [9.17, 15) is 0 Å². The third-order valence-corrected chi connectivity index (χ3v) is 3.05. The molecule has 0 amide bonds. The quantitative estimate of drug-likeness (QED) is 0.867. The highest BCUT2D eigenvalue weighted by Gasteiger charge is 2.07. The Kier molecular flexibility index (Phi) is 4.58. The number of para-hydroxylation sites is 1. The minimum atomic E-state index is 0.423. The Balaban J connectivity index is 1.95. The van der Waals surface area contributed by atoms with E-state index in [2.05, 4.69) is 23.4 Å². The first-order valence-corrected chi connectivity index (χ1v) is 6.64. The molecular weight excluding hydrogens is 238 g/mol. The number of rotatable bonds is 6. The SMILES string of the molecule is CC(C)c1nccn1CCOc1ccccc1CN. The van der Waals surface area contributed by atoms with Gasteiger partial charge in [0.15, 0.2) is 0 Å². The molecule has 1 aromatic carbocycles. The molecule has 0 aliphatic heterocycles. The standard InChI is InChI=1S/C15H21N3O/c1-12(2)15-17-7-8-18(15)9-10-19-14-6-4-3-5-13(14)11-16/h3-8,12H,9-11,16H2,1-2H3. The minimum absolute atomic E-state index is 0.423. The molecule has 0 fully saturated rings. The van der Waals surface area contributed by atoms with Crippen molar-refractivity contribution in [1.29, 1.82) is 0 Å². The lowest BCUT2D eigenvalue weighted by molar-refractivity contribution is 0.293. The molecule has 102 valence electrons. The summed E-state index contributed by atoms with van der Waals surface area (Å²) >= 11 is 0. The van der Waals surface area contributed by atoms with Crippen LogP contribution in [0.25, 0.3) is 0 Å². The topological polar surface area (TPSA) is 53.1 Å². The number of nitrogens with zero attached hydrogens (tertiary/aromatic N) is 2. The zero-order chi connectivity index (χ0) is 13.7. The predicted molar refractivity (Wildman–Crippen MR) is 76.1 cm³/mol. The normalized spacial score (nSPS) is 10.9. The molecule has 4 heteroatoms. The first-order chi connectivity index (χ1) is 9.22. The molecule has 19 heavy (non-hydrogen) atoms. The Morgan fingerprint density at radius 2 is 2.11 bits per heavy atom.